The zero-order valence-electron chi connectivity index (χ0n) is 13.9. The van der Waals surface area contributed by atoms with E-state index in [9.17, 15) is 4.79 Å². The molecule has 0 atom stereocenters. The van der Waals surface area contributed by atoms with Gasteiger partial charge in [-0.05, 0) is 30.9 Å². The molecule has 1 saturated heterocycles. The summed E-state index contributed by atoms with van der Waals surface area (Å²) in [5.74, 6) is 1.01. The number of likely N-dealkylation sites (tertiary alicyclic amines) is 1. The van der Waals surface area contributed by atoms with Crippen molar-refractivity contribution in [2.75, 3.05) is 13.1 Å². The van der Waals surface area contributed by atoms with Gasteiger partial charge in [0.15, 0.2) is 0 Å². The standard InChI is InChI=1S/C14H19NO.2C2H6/c1-2-12-8-10-15(11-9-12)14(16)13-6-4-3-5-7-13;2*1-2/h3-7,12H,2,8-11H2,1H3;2*1-2H3. The van der Waals surface area contributed by atoms with E-state index in [4.69, 9.17) is 0 Å². The largest absolute Gasteiger partial charge is 0.339 e. The van der Waals surface area contributed by atoms with Gasteiger partial charge >= 0.3 is 0 Å². The van der Waals surface area contributed by atoms with Gasteiger partial charge in [0.05, 0.1) is 0 Å². The molecule has 1 amide bonds. The zero-order valence-corrected chi connectivity index (χ0v) is 13.9. The van der Waals surface area contributed by atoms with Crippen LogP contribution in [0.3, 0.4) is 0 Å². The summed E-state index contributed by atoms with van der Waals surface area (Å²) in [5.41, 5.74) is 0.817. The quantitative estimate of drug-likeness (QED) is 0.745. The molecule has 0 radical (unpaired) electrons. The van der Waals surface area contributed by atoms with Crippen molar-refractivity contribution in [2.45, 2.75) is 53.9 Å². The summed E-state index contributed by atoms with van der Waals surface area (Å²) >= 11 is 0. The smallest absolute Gasteiger partial charge is 0.253 e. The fraction of sp³-hybridized carbons (Fsp3) is 0.611. The van der Waals surface area contributed by atoms with Gasteiger partial charge < -0.3 is 4.90 Å². The Morgan fingerprint density at radius 2 is 1.55 bits per heavy atom. The summed E-state index contributed by atoms with van der Waals surface area (Å²) in [6.07, 6.45) is 3.57. The maximum absolute atomic E-state index is 12.1. The van der Waals surface area contributed by atoms with Crippen LogP contribution in [0.25, 0.3) is 0 Å². The Hall–Kier alpha value is -1.31. The second-order valence-electron chi connectivity index (χ2n) is 4.51. The summed E-state index contributed by atoms with van der Waals surface area (Å²) in [5, 5.41) is 0. The number of nitrogens with zero attached hydrogens (tertiary/aromatic N) is 1. The van der Waals surface area contributed by atoms with Gasteiger partial charge in [-0.3, -0.25) is 4.79 Å². The van der Waals surface area contributed by atoms with Crippen LogP contribution in [-0.2, 0) is 0 Å². The molecule has 0 saturated carbocycles. The van der Waals surface area contributed by atoms with Crippen LogP contribution in [0.4, 0.5) is 0 Å². The average molecular weight is 277 g/mol. The molecule has 114 valence electrons. The third-order valence-electron chi connectivity index (χ3n) is 3.50. The van der Waals surface area contributed by atoms with Crippen molar-refractivity contribution < 1.29 is 4.79 Å². The number of hydrogen-bond donors (Lipinski definition) is 0. The van der Waals surface area contributed by atoms with Gasteiger partial charge in [-0.25, -0.2) is 0 Å². The number of carbonyl (C=O) groups excluding carboxylic acids is 1. The number of benzene rings is 1. The second-order valence-corrected chi connectivity index (χ2v) is 4.51. The summed E-state index contributed by atoms with van der Waals surface area (Å²) in [6.45, 7) is 12.1. The Morgan fingerprint density at radius 3 is 2.00 bits per heavy atom. The van der Waals surface area contributed by atoms with Crippen molar-refractivity contribution in [3.63, 3.8) is 0 Å². The zero-order chi connectivity index (χ0) is 15.4. The molecule has 1 aromatic carbocycles. The summed E-state index contributed by atoms with van der Waals surface area (Å²) in [6, 6.07) is 9.58. The van der Waals surface area contributed by atoms with E-state index in [0.29, 0.717) is 0 Å². The Morgan fingerprint density at radius 1 is 1.05 bits per heavy atom. The third-order valence-corrected chi connectivity index (χ3v) is 3.50. The van der Waals surface area contributed by atoms with E-state index in [1.165, 1.54) is 6.42 Å². The molecule has 0 bridgehead atoms. The van der Waals surface area contributed by atoms with Crippen molar-refractivity contribution in [2.24, 2.45) is 5.92 Å². The predicted molar refractivity (Wildman–Crippen MR) is 88.1 cm³/mol. The van der Waals surface area contributed by atoms with E-state index in [-0.39, 0.29) is 5.91 Å². The molecule has 1 aromatic rings. The van der Waals surface area contributed by atoms with Crippen LogP contribution in [-0.4, -0.2) is 23.9 Å². The Kier molecular flexibility index (Phi) is 10.8. The third kappa shape index (κ3) is 5.77. The van der Waals surface area contributed by atoms with E-state index in [2.05, 4.69) is 6.92 Å². The minimum absolute atomic E-state index is 0.190. The molecular formula is C18H31NO. The highest BCUT2D eigenvalue weighted by atomic mass is 16.2. The van der Waals surface area contributed by atoms with E-state index in [0.717, 1.165) is 37.4 Å². The maximum atomic E-state index is 12.1. The van der Waals surface area contributed by atoms with Crippen molar-refractivity contribution >= 4 is 5.91 Å². The molecule has 0 unspecified atom stereocenters. The molecule has 1 heterocycles. The molecule has 1 fully saturated rings. The van der Waals surface area contributed by atoms with E-state index < -0.39 is 0 Å². The predicted octanol–water partition coefficient (Wildman–Crippen LogP) is 5.00. The molecule has 0 aliphatic carbocycles. The molecule has 2 heteroatoms. The van der Waals surface area contributed by atoms with Crippen LogP contribution < -0.4 is 0 Å². The van der Waals surface area contributed by atoms with Crippen LogP contribution in [0.15, 0.2) is 30.3 Å². The lowest BCUT2D eigenvalue weighted by molar-refractivity contribution is 0.0689. The number of hydrogen-bond acceptors (Lipinski definition) is 1. The molecule has 1 aliphatic heterocycles. The Labute approximate surface area is 125 Å². The van der Waals surface area contributed by atoms with Gasteiger partial charge in [-0.1, -0.05) is 59.2 Å². The van der Waals surface area contributed by atoms with Crippen molar-refractivity contribution in [3.05, 3.63) is 35.9 Å². The molecular weight excluding hydrogens is 246 g/mol. The van der Waals surface area contributed by atoms with Crippen LogP contribution in [0.5, 0.6) is 0 Å². The number of piperidine rings is 1. The van der Waals surface area contributed by atoms with Crippen LogP contribution in [0.1, 0.15) is 64.2 Å². The summed E-state index contributed by atoms with van der Waals surface area (Å²) in [7, 11) is 0. The molecule has 0 aromatic heterocycles. The highest BCUT2D eigenvalue weighted by Crippen LogP contribution is 2.21. The highest BCUT2D eigenvalue weighted by Gasteiger charge is 2.22. The van der Waals surface area contributed by atoms with Gasteiger partial charge in [0, 0.05) is 18.7 Å². The SMILES string of the molecule is CC.CC.CCC1CCN(C(=O)c2ccccc2)CC1. The first-order valence-corrected chi connectivity index (χ1v) is 8.15. The fourth-order valence-corrected chi connectivity index (χ4v) is 2.31. The van der Waals surface area contributed by atoms with Crippen molar-refractivity contribution in [3.8, 4) is 0 Å². The number of carbonyl (C=O) groups is 1. The molecule has 2 rings (SSSR count). The minimum Gasteiger partial charge on any atom is -0.339 e. The van der Waals surface area contributed by atoms with E-state index in [1.54, 1.807) is 0 Å². The first-order chi connectivity index (χ1) is 9.81. The molecule has 0 spiro atoms. The summed E-state index contributed by atoms with van der Waals surface area (Å²) < 4.78 is 0. The lowest BCUT2D eigenvalue weighted by Crippen LogP contribution is -2.38. The number of amides is 1. The molecule has 2 nitrogen and oxygen atoms in total. The van der Waals surface area contributed by atoms with Crippen LogP contribution >= 0.6 is 0 Å². The summed E-state index contributed by atoms with van der Waals surface area (Å²) in [4.78, 5) is 14.1. The number of rotatable bonds is 2. The van der Waals surface area contributed by atoms with Crippen LogP contribution in [0, 0.1) is 5.92 Å². The van der Waals surface area contributed by atoms with E-state index in [1.807, 2.05) is 62.9 Å². The maximum Gasteiger partial charge on any atom is 0.253 e. The van der Waals surface area contributed by atoms with Crippen molar-refractivity contribution in [1.29, 1.82) is 0 Å². The van der Waals surface area contributed by atoms with Crippen LogP contribution in [0.2, 0.25) is 0 Å². The average Bonchev–Trinajstić information content (AvgIpc) is 2.59. The fourth-order valence-electron chi connectivity index (χ4n) is 2.31. The molecule has 0 N–H and O–H groups in total. The molecule has 1 aliphatic rings. The van der Waals surface area contributed by atoms with Gasteiger partial charge in [-0.15, -0.1) is 0 Å². The molecule has 20 heavy (non-hydrogen) atoms. The lowest BCUT2D eigenvalue weighted by Gasteiger charge is -2.31. The normalized spacial score (nSPS) is 14.6. The Bertz CT molecular complexity index is 340. The van der Waals surface area contributed by atoms with Gasteiger partial charge in [0.2, 0.25) is 0 Å². The minimum atomic E-state index is 0.190. The van der Waals surface area contributed by atoms with Crippen molar-refractivity contribution in [1.82, 2.24) is 4.90 Å². The first kappa shape index (κ1) is 18.7. The lowest BCUT2D eigenvalue weighted by atomic mass is 9.94. The topological polar surface area (TPSA) is 20.3 Å². The van der Waals surface area contributed by atoms with Gasteiger partial charge in [0.25, 0.3) is 5.91 Å². The van der Waals surface area contributed by atoms with E-state index >= 15 is 0 Å². The van der Waals surface area contributed by atoms with Gasteiger partial charge in [-0.2, -0.15) is 0 Å². The van der Waals surface area contributed by atoms with Gasteiger partial charge in [0.1, 0.15) is 0 Å². The first-order valence-electron chi connectivity index (χ1n) is 8.15. The monoisotopic (exact) mass is 277 g/mol. The Balaban J connectivity index is 0.000000829. The second kappa shape index (κ2) is 11.5. The highest BCUT2D eigenvalue weighted by molar-refractivity contribution is 5.94.